The average molecular weight is 466 g/mol. The number of carbonyl (C=O) groups is 2. The van der Waals surface area contributed by atoms with E-state index in [0.717, 1.165) is 23.4 Å². The van der Waals surface area contributed by atoms with Crippen LogP contribution in [0.15, 0.2) is 48.0 Å². The van der Waals surface area contributed by atoms with E-state index in [1.807, 2.05) is 5.38 Å². The molecule has 1 fully saturated rings. The zero-order valence-corrected chi connectivity index (χ0v) is 17.8. The molecule has 1 aromatic carbocycles. The number of amides is 2. The molecule has 1 saturated heterocycles. The zero-order chi connectivity index (χ0) is 22.0. The number of benzene rings is 1. The molecule has 1 aliphatic heterocycles. The summed E-state index contributed by atoms with van der Waals surface area (Å²) in [5, 5.41) is 4.94. The van der Waals surface area contributed by atoms with Crippen molar-refractivity contribution in [2.24, 2.45) is 0 Å². The van der Waals surface area contributed by atoms with Crippen LogP contribution in [0.5, 0.6) is 0 Å². The standard InChI is InChI=1S/C21H18F3N3O2S2/c22-21(23,24)14-5-1-4-13(10-14)11-15-12-25-20(31-15)26-18(28)16-6-2-8-27(16)19(29)17-7-3-9-30-17/h1,3-5,7,9-10,12,16H,2,6,8,11H2,(H,25,26,28). The highest BCUT2D eigenvalue weighted by atomic mass is 32.1. The van der Waals surface area contributed by atoms with Crippen LogP contribution in [0, 0.1) is 0 Å². The van der Waals surface area contributed by atoms with Crippen molar-refractivity contribution in [2.75, 3.05) is 11.9 Å². The van der Waals surface area contributed by atoms with Crippen molar-refractivity contribution in [2.45, 2.75) is 31.5 Å². The Morgan fingerprint density at radius 2 is 2.06 bits per heavy atom. The molecular formula is C21H18F3N3O2S2. The van der Waals surface area contributed by atoms with Crippen LogP contribution in [0.1, 0.15) is 38.5 Å². The van der Waals surface area contributed by atoms with Crippen LogP contribution >= 0.6 is 22.7 Å². The summed E-state index contributed by atoms with van der Waals surface area (Å²) in [7, 11) is 0. The molecule has 1 unspecified atom stereocenters. The van der Waals surface area contributed by atoms with Gasteiger partial charge in [0.25, 0.3) is 5.91 Å². The Kier molecular flexibility index (Phi) is 6.10. The molecule has 0 aliphatic carbocycles. The molecule has 2 aromatic heterocycles. The highest BCUT2D eigenvalue weighted by molar-refractivity contribution is 7.15. The maximum Gasteiger partial charge on any atom is 0.416 e. The molecule has 1 N–H and O–H groups in total. The molecule has 10 heteroatoms. The molecular weight excluding hydrogens is 447 g/mol. The van der Waals surface area contributed by atoms with Gasteiger partial charge in [0, 0.05) is 24.0 Å². The number of aromatic nitrogens is 1. The van der Waals surface area contributed by atoms with Crippen molar-refractivity contribution in [3.05, 3.63) is 68.9 Å². The Hall–Kier alpha value is -2.72. The Labute approximate surface area is 184 Å². The van der Waals surface area contributed by atoms with Gasteiger partial charge in [0.15, 0.2) is 5.13 Å². The quantitative estimate of drug-likeness (QED) is 0.573. The van der Waals surface area contributed by atoms with E-state index in [4.69, 9.17) is 0 Å². The molecule has 2 amide bonds. The lowest BCUT2D eigenvalue weighted by molar-refractivity contribution is -0.137. The molecule has 0 spiro atoms. The Balaban J connectivity index is 1.41. The third-order valence-corrected chi connectivity index (χ3v) is 6.74. The van der Waals surface area contributed by atoms with Crippen LogP contribution < -0.4 is 5.32 Å². The van der Waals surface area contributed by atoms with Gasteiger partial charge in [-0.25, -0.2) is 4.98 Å². The molecule has 0 saturated carbocycles. The Morgan fingerprint density at radius 1 is 1.23 bits per heavy atom. The molecule has 4 rings (SSSR count). The summed E-state index contributed by atoms with van der Waals surface area (Å²) in [6.07, 6.45) is -1.25. The van der Waals surface area contributed by atoms with E-state index < -0.39 is 17.8 Å². The molecule has 0 bridgehead atoms. The number of thiazole rings is 1. The molecule has 1 aliphatic rings. The number of hydrogen-bond donors (Lipinski definition) is 1. The first-order valence-corrected chi connectivity index (χ1v) is 11.3. The number of hydrogen-bond acceptors (Lipinski definition) is 5. The zero-order valence-electron chi connectivity index (χ0n) is 16.2. The summed E-state index contributed by atoms with van der Waals surface area (Å²) in [5.41, 5.74) is -0.181. The Bertz CT molecular complexity index is 1080. The number of alkyl halides is 3. The average Bonchev–Trinajstić information content (AvgIpc) is 3.49. The van der Waals surface area contributed by atoms with Crippen molar-refractivity contribution in [1.29, 1.82) is 0 Å². The van der Waals surface area contributed by atoms with E-state index in [0.29, 0.717) is 28.5 Å². The fourth-order valence-corrected chi connectivity index (χ4v) is 5.05. The number of rotatable bonds is 5. The van der Waals surface area contributed by atoms with Crippen LogP contribution in [0.3, 0.4) is 0 Å². The van der Waals surface area contributed by atoms with E-state index in [2.05, 4.69) is 10.3 Å². The summed E-state index contributed by atoms with van der Waals surface area (Å²) >= 11 is 2.55. The molecule has 1 atom stereocenters. The molecule has 3 aromatic rings. The number of anilines is 1. The lowest BCUT2D eigenvalue weighted by Crippen LogP contribution is -2.42. The first-order valence-electron chi connectivity index (χ1n) is 9.57. The second kappa shape index (κ2) is 8.80. The van der Waals surface area contributed by atoms with Crippen molar-refractivity contribution in [3.63, 3.8) is 0 Å². The van der Waals surface area contributed by atoms with Gasteiger partial charge in [0.1, 0.15) is 6.04 Å². The normalized spacial score (nSPS) is 16.5. The smallest absolute Gasteiger partial charge is 0.326 e. The predicted octanol–water partition coefficient (Wildman–Crippen LogP) is 5.06. The third kappa shape index (κ3) is 4.96. The molecule has 162 valence electrons. The molecule has 31 heavy (non-hydrogen) atoms. The molecule has 0 radical (unpaired) electrons. The van der Waals surface area contributed by atoms with Crippen LogP contribution in [0.4, 0.5) is 18.3 Å². The summed E-state index contributed by atoms with van der Waals surface area (Å²) < 4.78 is 38.7. The van der Waals surface area contributed by atoms with Gasteiger partial charge in [-0.1, -0.05) is 24.3 Å². The topological polar surface area (TPSA) is 62.3 Å². The summed E-state index contributed by atoms with van der Waals surface area (Å²) in [6.45, 7) is 0.521. The van der Waals surface area contributed by atoms with Gasteiger partial charge < -0.3 is 10.2 Å². The fourth-order valence-electron chi connectivity index (χ4n) is 3.52. The maximum absolute atomic E-state index is 12.9. The van der Waals surface area contributed by atoms with Gasteiger partial charge >= 0.3 is 6.18 Å². The third-order valence-electron chi connectivity index (χ3n) is 4.96. The van der Waals surface area contributed by atoms with E-state index in [1.165, 1.54) is 28.7 Å². The lowest BCUT2D eigenvalue weighted by atomic mass is 10.1. The van der Waals surface area contributed by atoms with Crippen LogP contribution in [0.25, 0.3) is 0 Å². The highest BCUT2D eigenvalue weighted by Crippen LogP contribution is 2.31. The fraction of sp³-hybridized carbons (Fsp3) is 0.286. The van der Waals surface area contributed by atoms with Crippen molar-refractivity contribution < 1.29 is 22.8 Å². The van der Waals surface area contributed by atoms with Crippen molar-refractivity contribution in [3.8, 4) is 0 Å². The summed E-state index contributed by atoms with van der Waals surface area (Å²) in [4.78, 5) is 32.5. The van der Waals surface area contributed by atoms with Crippen molar-refractivity contribution >= 4 is 39.6 Å². The van der Waals surface area contributed by atoms with E-state index in [1.54, 1.807) is 29.3 Å². The van der Waals surface area contributed by atoms with Gasteiger partial charge in [-0.3, -0.25) is 9.59 Å². The first-order chi connectivity index (χ1) is 14.8. The minimum atomic E-state index is -4.39. The maximum atomic E-state index is 12.9. The monoisotopic (exact) mass is 465 g/mol. The first kappa shape index (κ1) is 21.5. The second-order valence-corrected chi connectivity index (χ2v) is 9.19. The highest BCUT2D eigenvalue weighted by Gasteiger charge is 2.35. The number of nitrogens with zero attached hydrogens (tertiary/aromatic N) is 2. The minimum Gasteiger partial charge on any atom is -0.326 e. The molecule has 5 nitrogen and oxygen atoms in total. The van der Waals surface area contributed by atoms with E-state index in [9.17, 15) is 22.8 Å². The van der Waals surface area contributed by atoms with Gasteiger partial charge in [-0.2, -0.15) is 13.2 Å². The van der Waals surface area contributed by atoms with Crippen molar-refractivity contribution in [1.82, 2.24) is 9.88 Å². The largest absolute Gasteiger partial charge is 0.416 e. The van der Waals surface area contributed by atoms with Crippen LogP contribution in [0.2, 0.25) is 0 Å². The number of nitrogens with one attached hydrogen (secondary N) is 1. The van der Waals surface area contributed by atoms with Gasteiger partial charge in [0.2, 0.25) is 5.91 Å². The summed E-state index contributed by atoms with van der Waals surface area (Å²) in [5.74, 6) is -0.459. The predicted molar refractivity (Wildman–Crippen MR) is 113 cm³/mol. The second-order valence-electron chi connectivity index (χ2n) is 7.13. The minimum absolute atomic E-state index is 0.156. The number of carbonyl (C=O) groups excluding carboxylic acids is 2. The number of thiophene rings is 1. The van der Waals surface area contributed by atoms with Crippen LogP contribution in [-0.4, -0.2) is 34.3 Å². The Morgan fingerprint density at radius 3 is 2.81 bits per heavy atom. The van der Waals surface area contributed by atoms with E-state index in [-0.39, 0.29) is 18.2 Å². The lowest BCUT2D eigenvalue weighted by Gasteiger charge is -2.22. The summed E-state index contributed by atoms with van der Waals surface area (Å²) in [6, 6.07) is 8.12. The number of halogens is 3. The van der Waals surface area contributed by atoms with E-state index >= 15 is 0 Å². The van der Waals surface area contributed by atoms with Gasteiger partial charge in [-0.05, 0) is 35.9 Å². The molecule has 3 heterocycles. The van der Waals surface area contributed by atoms with Gasteiger partial charge in [0.05, 0.1) is 10.4 Å². The van der Waals surface area contributed by atoms with Gasteiger partial charge in [-0.15, -0.1) is 22.7 Å². The SMILES string of the molecule is O=C(Nc1ncc(Cc2cccc(C(F)(F)F)c2)s1)C1CCCN1C(=O)c1cccs1. The van der Waals surface area contributed by atoms with Crippen LogP contribution in [-0.2, 0) is 17.4 Å². The number of likely N-dealkylation sites (tertiary alicyclic amines) is 1.